The lowest BCUT2D eigenvalue weighted by atomic mass is 9.92. The highest BCUT2D eigenvalue weighted by Gasteiger charge is 2.19. The molecule has 1 aliphatic carbocycles. The third kappa shape index (κ3) is 5.04. The van der Waals surface area contributed by atoms with E-state index in [9.17, 15) is 9.59 Å². The van der Waals surface area contributed by atoms with Crippen LogP contribution in [0.1, 0.15) is 42.5 Å². The number of nitrogens with two attached hydrogens (primary N) is 2. The number of hydrogen-bond donors (Lipinski definition) is 3. The predicted octanol–water partition coefficient (Wildman–Crippen LogP) is 0.940. The number of amides is 2. The van der Waals surface area contributed by atoms with Gasteiger partial charge >= 0.3 is 0 Å². The first kappa shape index (κ1) is 16.3. The summed E-state index contributed by atoms with van der Waals surface area (Å²) in [4.78, 5) is 22.8. The Bertz CT molecular complexity index is 508. The zero-order valence-electron chi connectivity index (χ0n) is 12.6. The first-order valence-electron chi connectivity index (χ1n) is 7.62. The van der Waals surface area contributed by atoms with Gasteiger partial charge in [0.15, 0.2) is 0 Å². The van der Waals surface area contributed by atoms with Gasteiger partial charge in [0, 0.05) is 17.6 Å². The lowest BCUT2D eigenvalue weighted by molar-refractivity contribution is -0.122. The summed E-state index contributed by atoms with van der Waals surface area (Å²) >= 11 is 0. The summed E-state index contributed by atoms with van der Waals surface area (Å²) < 4.78 is 5.48. The zero-order valence-corrected chi connectivity index (χ0v) is 12.6. The van der Waals surface area contributed by atoms with E-state index < -0.39 is 5.91 Å². The van der Waals surface area contributed by atoms with Crippen LogP contribution in [0.4, 0.5) is 0 Å². The first-order valence-corrected chi connectivity index (χ1v) is 7.62. The zero-order chi connectivity index (χ0) is 15.9. The van der Waals surface area contributed by atoms with Gasteiger partial charge in [-0.15, -0.1) is 0 Å². The Balaban J connectivity index is 1.67. The largest absolute Gasteiger partial charge is 0.493 e. The summed E-state index contributed by atoms with van der Waals surface area (Å²) in [6.07, 6.45) is 4.13. The van der Waals surface area contributed by atoms with Crippen molar-refractivity contribution in [1.29, 1.82) is 0 Å². The third-order valence-corrected chi connectivity index (χ3v) is 3.87. The smallest absolute Gasteiger partial charge is 0.248 e. The standard InChI is InChI=1S/C16H23N3O3/c17-12-3-5-13(6-4-12)19-15(20)9-10-22-14-7-1-11(2-8-14)16(18)21/h1-2,7-8,12-13H,3-6,9-10,17H2,(H2,18,21)(H,19,20). The fourth-order valence-electron chi connectivity index (χ4n) is 2.54. The van der Waals surface area contributed by atoms with Crippen LogP contribution < -0.4 is 21.5 Å². The normalized spacial score (nSPS) is 21.1. The van der Waals surface area contributed by atoms with E-state index in [1.54, 1.807) is 24.3 Å². The number of carbonyl (C=O) groups is 2. The van der Waals surface area contributed by atoms with Crippen LogP contribution in [0.15, 0.2) is 24.3 Å². The van der Waals surface area contributed by atoms with Crippen molar-refractivity contribution in [3.8, 4) is 5.75 Å². The maximum Gasteiger partial charge on any atom is 0.248 e. The Hall–Kier alpha value is -2.08. The van der Waals surface area contributed by atoms with Crippen LogP contribution in [-0.4, -0.2) is 30.5 Å². The van der Waals surface area contributed by atoms with Gasteiger partial charge in [-0.25, -0.2) is 0 Å². The fraction of sp³-hybridized carbons (Fsp3) is 0.500. The van der Waals surface area contributed by atoms with E-state index in [-0.39, 0.29) is 18.0 Å². The molecule has 0 bridgehead atoms. The molecule has 22 heavy (non-hydrogen) atoms. The number of primary amides is 1. The summed E-state index contributed by atoms with van der Waals surface area (Å²) in [7, 11) is 0. The van der Waals surface area contributed by atoms with Gasteiger partial charge in [-0.05, 0) is 49.9 Å². The highest BCUT2D eigenvalue weighted by atomic mass is 16.5. The molecule has 0 spiro atoms. The molecule has 0 heterocycles. The van der Waals surface area contributed by atoms with Crippen molar-refractivity contribution in [2.45, 2.75) is 44.2 Å². The molecule has 1 aliphatic rings. The average molecular weight is 305 g/mol. The van der Waals surface area contributed by atoms with Crippen LogP contribution in [0.5, 0.6) is 5.75 Å². The van der Waals surface area contributed by atoms with Crippen LogP contribution in [-0.2, 0) is 4.79 Å². The summed E-state index contributed by atoms with van der Waals surface area (Å²) in [5, 5.41) is 3.01. The van der Waals surface area contributed by atoms with E-state index in [0.29, 0.717) is 24.3 Å². The van der Waals surface area contributed by atoms with Crippen molar-refractivity contribution in [1.82, 2.24) is 5.32 Å². The molecule has 0 saturated heterocycles. The molecule has 120 valence electrons. The summed E-state index contributed by atoms with van der Waals surface area (Å²) in [5.74, 6) is 0.133. The molecule has 1 aromatic carbocycles. The van der Waals surface area contributed by atoms with Crippen LogP contribution in [0, 0.1) is 0 Å². The molecular weight excluding hydrogens is 282 g/mol. The van der Waals surface area contributed by atoms with E-state index in [1.165, 1.54) is 0 Å². The Morgan fingerprint density at radius 1 is 1.14 bits per heavy atom. The van der Waals surface area contributed by atoms with Crippen molar-refractivity contribution in [3.63, 3.8) is 0 Å². The molecule has 2 rings (SSSR count). The Kier molecular flexibility index (Phi) is 5.77. The second-order valence-electron chi connectivity index (χ2n) is 5.67. The molecule has 1 aromatic rings. The minimum Gasteiger partial charge on any atom is -0.493 e. The molecular formula is C16H23N3O3. The molecule has 0 atom stereocenters. The quantitative estimate of drug-likeness (QED) is 0.727. The predicted molar refractivity (Wildman–Crippen MR) is 83.4 cm³/mol. The Labute approximate surface area is 130 Å². The van der Waals surface area contributed by atoms with E-state index >= 15 is 0 Å². The molecule has 0 aromatic heterocycles. The van der Waals surface area contributed by atoms with Crippen molar-refractivity contribution in [3.05, 3.63) is 29.8 Å². The lowest BCUT2D eigenvalue weighted by Crippen LogP contribution is -2.40. The maximum absolute atomic E-state index is 11.8. The minimum absolute atomic E-state index is 0.00534. The average Bonchev–Trinajstić information content (AvgIpc) is 2.50. The molecule has 0 radical (unpaired) electrons. The van der Waals surface area contributed by atoms with Gasteiger partial charge in [-0.3, -0.25) is 9.59 Å². The van der Waals surface area contributed by atoms with Crippen molar-refractivity contribution in [2.24, 2.45) is 11.5 Å². The molecule has 0 unspecified atom stereocenters. The summed E-state index contributed by atoms with van der Waals surface area (Å²) in [6.45, 7) is 0.300. The molecule has 1 fully saturated rings. The molecule has 5 N–H and O–H groups in total. The van der Waals surface area contributed by atoms with Crippen LogP contribution >= 0.6 is 0 Å². The van der Waals surface area contributed by atoms with Crippen LogP contribution in [0.2, 0.25) is 0 Å². The van der Waals surface area contributed by atoms with Gasteiger partial charge in [-0.1, -0.05) is 0 Å². The van der Waals surface area contributed by atoms with Crippen LogP contribution in [0.25, 0.3) is 0 Å². The summed E-state index contributed by atoms with van der Waals surface area (Å²) in [5.41, 5.74) is 11.4. The second-order valence-corrected chi connectivity index (χ2v) is 5.67. The van der Waals surface area contributed by atoms with Gasteiger partial charge in [0.25, 0.3) is 0 Å². The van der Waals surface area contributed by atoms with Gasteiger partial charge < -0.3 is 21.5 Å². The van der Waals surface area contributed by atoms with Gasteiger partial charge in [0.2, 0.25) is 11.8 Å². The van der Waals surface area contributed by atoms with E-state index in [4.69, 9.17) is 16.2 Å². The number of nitrogens with one attached hydrogen (secondary N) is 1. The molecule has 0 aliphatic heterocycles. The van der Waals surface area contributed by atoms with E-state index in [0.717, 1.165) is 25.7 Å². The van der Waals surface area contributed by atoms with Crippen molar-refractivity contribution >= 4 is 11.8 Å². The molecule has 1 saturated carbocycles. The monoisotopic (exact) mass is 305 g/mol. The SMILES string of the molecule is NC(=O)c1ccc(OCCC(=O)NC2CCC(N)CC2)cc1. The molecule has 6 heteroatoms. The number of benzene rings is 1. The lowest BCUT2D eigenvalue weighted by Gasteiger charge is -2.26. The van der Waals surface area contributed by atoms with Gasteiger partial charge in [0.05, 0.1) is 13.0 Å². The number of rotatable bonds is 6. The highest BCUT2D eigenvalue weighted by molar-refractivity contribution is 5.92. The van der Waals surface area contributed by atoms with Gasteiger partial charge in [0.1, 0.15) is 5.75 Å². The Morgan fingerprint density at radius 3 is 2.36 bits per heavy atom. The number of carbonyl (C=O) groups excluding carboxylic acids is 2. The molecule has 6 nitrogen and oxygen atoms in total. The van der Waals surface area contributed by atoms with E-state index in [2.05, 4.69) is 5.32 Å². The second kappa shape index (κ2) is 7.79. The third-order valence-electron chi connectivity index (χ3n) is 3.87. The first-order chi connectivity index (χ1) is 10.5. The maximum atomic E-state index is 11.8. The highest BCUT2D eigenvalue weighted by Crippen LogP contribution is 2.17. The Morgan fingerprint density at radius 2 is 1.77 bits per heavy atom. The fourth-order valence-corrected chi connectivity index (χ4v) is 2.54. The van der Waals surface area contributed by atoms with Crippen molar-refractivity contribution < 1.29 is 14.3 Å². The van der Waals surface area contributed by atoms with Crippen LogP contribution in [0.3, 0.4) is 0 Å². The topological polar surface area (TPSA) is 107 Å². The molecule has 2 amide bonds. The summed E-state index contributed by atoms with van der Waals surface area (Å²) in [6, 6.07) is 7.05. The van der Waals surface area contributed by atoms with Crippen molar-refractivity contribution in [2.75, 3.05) is 6.61 Å². The van der Waals surface area contributed by atoms with Gasteiger partial charge in [-0.2, -0.15) is 0 Å². The minimum atomic E-state index is -0.474. The number of ether oxygens (including phenoxy) is 1. The van der Waals surface area contributed by atoms with E-state index in [1.807, 2.05) is 0 Å². The number of hydrogen-bond acceptors (Lipinski definition) is 4.